The summed E-state index contributed by atoms with van der Waals surface area (Å²) in [5.74, 6) is 0.687. The summed E-state index contributed by atoms with van der Waals surface area (Å²) in [5, 5.41) is 4.49. The second-order valence-corrected chi connectivity index (χ2v) is 7.54. The van der Waals surface area contributed by atoms with E-state index in [0.29, 0.717) is 12.0 Å². The number of rotatable bonds is 4. The Balaban J connectivity index is 1.81. The van der Waals surface area contributed by atoms with Gasteiger partial charge in [-0.25, -0.2) is 0 Å². The van der Waals surface area contributed by atoms with Crippen LogP contribution in [0.4, 0.5) is 0 Å². The van der Waals surface area contributed by atoms with E-state index < -0.39 is 0 Å². The van der Waals surface area contributed by atoms with Crippen molar-refractivity contribution in [1.82, 2.24) is 10.2 Å². The molecule has 3 rings (SSSR count). The van der Waals surface area contributed by atoms with E-state index in [1.807, 2.05) is 0 Å². The molecule has 25 heavy (non-hydrogen) atoms. The molecular weight excluding hydrogens is 324 g/mol. The highest BCUT2D eigenvalue weighted by Crippen LogP contribution is 2.29. The smallest absolute Gasteiger partial charge is 0.169 e. The molecule has 0 saturated heterocycles. The van der Waals surface area contributed by atoms with E-state index in [1.165, 1.54) is 36.8 Å². The molecule has 0 aromatic heterocycles. The SMILES string of the molecule is C[C@@H]1CCCC[C@@H]1NC(=S)N(C)C(c1ccccc1)c1ccccc1. The van der Waals surface area contributed by atoms with Crippen LogP contribution in [0.15, 0.2) is 60.7 Å². The van der Waals surface area contributed by atoms with Crippen molar-refractivity contribution in [3.63, 3.8) is 0 Å². The van der Waals surface area contributed by atoms with Crippen molar-refractivity contribution in [2.75, 3.05) is 7.05 Å². The summed E-state index contributed by atoms with van der Waals surface area (Å²) in [6.45, 7) is 2.34. The normalized spacial score (nSPS) is 20.3. The molecule has 1 aliphatic rings. The van der Waals surface area contributed by atoms with Crippen molar-refractivity contribution < 1.29 is 0 Å². The van der Waals surface area contributed by atoms with Gasteiger partial charge in [-0.15, -0.1) is 0 Å². The zero-order valence-corrected chi connectivity index (χ0v) is 16.0. The van der Waals surface area contributed by atoms with Crippen LogP contribution in [-0.4, -0.2) is 23.1 Å². The maximum Gasteiger partial charge on any atom is 0.169 e. The van der Waals surface area contributed by atoms with Crippen molar-refractivity contribution in [1.29, 1.82) is 0 Å². The van der Waals surface area contributed by atoms with E-state index in [1.54, 1.807) is 0 Å². The molecule has 0 amide bonds. The summed E-state index contributed by atoms with van der Waals surface area (Å²) in [6.07, 6.45) is 5.16. The highest BCUT2D eigenvalue weighted by atomic mass is 32.1. The Morgan fingerprint density at radius 2 is 1.48 bits per heavy atom. The van der Waals surface area contributed by atoms with Crippen LogP contribution in [0.1, 0.15) is 49.8 Å². The Hall–Kier alpha value is -1.87. The fourth-order valence-corrected chi connectivity index (χ4v) is 4.08. The second-order valence-electron chi connectivity index (χ2n) is 7.15. The summed E-state index contributed by atoms with van der Waals surface area (Å²) in [5.41, 5.74) is 2.52. The number of nitrogens with one attached hydrogen (secondary N) is 1. The van der Waals surface area contributed by atoms with E-state index in [0.717, 1.165) is 5.11 Å². The van der Waals surface area contributed by atoms with Gasteiger partial charge in [-0.05, 0) is 42.1 Å². The third kappa shape index (κ3) is 4.40. The highest BCUT2D eigenvalue weighted by Gasteiger charge is 2.26. The number of thiocarbonyl (C=S) groups is 1. The Bertz CT molecular complexity index is 631. The van der Waals surface area contributed by atoms with E-state index in [4.69, 9.17) is 12.2 Å². The van der Waals surface area contributed by atoms with Crippen LogP contribution in [0.2, 0.25) is 0 Å². The third-order valence-corrected chi connectivity index (χ3v) is 5.76. The fraction of sp³-hybridized carbons (Fsp3) is 0.409. The van der Waals surface area contributed by atoms with E-state index in [9.17, 15) is 0 Å². The van der Waals surface area contributed by atoms with E-state index >= 15 is 0 Å². The summed E-state index contributed by atoms with van der Waals surface area (Å²) in [4.78, 5) is 2.21. The maximum absolute atomic E-state index is 5.80. The first kappa shape index (κ1) is 17.9. The molecule has 1 aliphatic carbocycles. The maximum atomic E-state index is 5.80. The van der Waals surface area contributed by atoms with Crippen LogP contribution < -0.4 is 5.32 Å². The summed E-state index contributed by atoms with van der Waals surface area (Å²) >= 11 is 5.80. The zero-order chi connectivity index (χ0) is 17.6. The Labute approximate surface area is 157 Å². The topological polar surface area (TPSA) is 15.3 Å². The van der Waals surface area contributed by atoms with Crippen molar-refractivity contribution in [3.8, 4) is 0 Å². The lowest BCUT2D eigenvalue weighted by Gasteiger charge is -2.36. The van der Waals surface area contributed by atoms with Crippen LogP contribution in [0.5, 0.6) is 0 Å². The quantitative estimate of drug-likeness (QED) is 0.765. The molecule has 0 radical (unpaired) electrons. The molecule has 0 spiro atoms. The van der Waals surface area contributed by atoms with Gasteiger partial charge in [0, 0.05) is 13.1 Å². The lowest BCUT2D eigenvalue weighted by atomic mass is 9.86. The van der Waals surface area contributed by atoms with Gasteiger partial charge < -0.3 is 10.2 Å². The number of hydrogen-bond donors (Lipinski definition) is 1. The minimum absolute atomic E-state index is 0.126. The van der Waals surface area contributed by atoms with E-state index in [2.05, 4.69) is 84.9 Å². The molecule has 3 heteroatoms. The molecule has 1 fully saturated rings. The van der Waals surface area contributed by atoms with Gasteiger partial charge in [-0.2, -0.15) is 0 Å². The first-order valence-electron chi connectivity index (χ1n) is 9.30. The fourth-order valence-electron chi connectivity index (χ4n) is 3.82. The number of benzene rings is 2. The van der Waals surface area contributed by atoms with Gasteiger partial charge in [0.1, 0.15) is 0 Å². The Morgan fingerprint density at radius 1 is 0.960 bits per heavy atom. The summed E-state index contributed by atoms with van der Waals surface area (Å²) in [7, 11) is 2.10. The molecule has 2 aromatic carbocycles. The summed E-state index contributed by atoms with van der Waals surface area (Å²) in [6, 6.07) is 21.9. The molecule has 0 heterocycles. The number of hydrogen-bond acceptors (Lipinski definition) is 1. The summed E-state index contributed by atoms with van der Waals surface area (Å²) < 4.78 is 0. The van der Waals surface area contributed by atoms with Crippen LogP contribution in [0, 0.1) is 5.92 Å². The predicted molar refractivity (Wildman–Crippen MR) is 110 cm³/mol. The average molecular weight is 353 g/mol. The molecule has 2 aromatic rings. The first-order valence-corrected chi connectivity index (χ1v) is 9.71. The Kier molecular flexibility index (Phi) is 6.09. The molecule has 0 aliphatic heterocycles. The minimum Gasteiger partial charge on any atom is -0.360 e. The monoisotopic (exact) mass is 352 g/mol. The third-order valence-electron chi connectivity index (χ3n) is 5.36. The molecule has 2 nitrogen and oxygen atoms in total. The second kappa shape index (κ2) is 8.48. The first-order chi connectivity index (χ1) is 12.2. The van der Waals surface area contributed by atoms with E-state index in [-0.39, 0.29) is 6.04 Å². The molecular formula is C22H28N2S. The van der Waals surface area contributed by atoms with Crippen LogP contribution in [-0.2, 0) is 0 Å². The van der Waals surface area contributed by atoms with Gasteiger partial charge in [0.15, 0.2) is 5.11 Å². The molecule has 2 atom stereocenters. The van der Waals surface area contributed by atoms with Gasteiger partial charge in [0.2, 0.25) is 0 Å². The zero-order valence-electron chi connectivity index (χ0n) is 15.2. The molecule has 1 saturated carbocycles. The lowest BCUT2D eigenvalue weighted by Crippen LogP contribution is -2.47. The molecule has 0 bridgehead atoms. The minimum atomic E-state index is 0.126. The molecule has 0 unspecified atom stereocenters. The molecule has 1 N–H and O–H groups in total. The van der Waals surface area contributed by atoms with Crippen LogP contribution >= 0.6 is 12.2 Å². The number of nitrogens with zero attached hydrogens (tertiary/aromatic N) is 1. The van der Waals surface area contributed by atoms with Crippen molar-refractivity contribution in [3.05, 3.63) is 71.8 Å². The van der Waals surface area contributed by atoms with Crippen molar-refractivity contribution in [2.24, 2.45) is 5.92 Å². The van der Waals surface area contributed by atoms with Crippen molar-refractivity contribution in [2.45, 2.75) is 44.7 Å². The average Bonchev–Trinajstić information content (AvgIpc) is 2.65. The van der Waals surface area contributed by atoms with Gasteiger partial charge in [-0.1, -0.05) is 80.4 Å². The lowest BCUT2D eigenvalue weighted by molar-refractivity contribution is 0.297. The van der Waals surface area contributed by atoms with Crippen LogP contribution in [0.3, 0.4) is 0 Å². The van der Waals surface area contributed by atoms with Gasteiger partial charge in [-0.3, -0.25) is 0 Å². The molecule has 132 valence electrons. The van der Waals surface area contributed by atoms with Crippen molar-refractivity contribution >= 4 is 17.3 Å². The van der Waals surface area contributed by atoms with Crippen LogP contribution in [0.25, 0.3) is 0 Å². The standard InChI is InChI=1S/C22H28N2S/c1-17-11-9-10-16-20(17)23-22(25)24(2)21(18-12-5-3-6-13-18)19-14-7-4-8-15-19/h3-8,12-15,17,20-21H,9-11,16H2,1-2H3,(H,23,25)/t17-,20+/m1/s1. The predicted octanol–water partition coefficient (Wildman–Crippen LogP) is 5.16. The Morgan fingerprint density at radius 3 is 2.00 bits per heavy atom. The van der Waals surface area contributed by atoms with Gasteiger partial charge >= 0.3 is 0 Å². The highest BCUT2D eigenvalue weighted by molar-refractivity contribution is 7.80. The van der Waals surface area contributed by atoms with Gasteiger partial charge in [0.05, 0.1) is 6.04 Å². The largest absolute Gasteiger partial charge is 0.360 e. The van der Waals surface area contributed by atoms with Gasteiger partial charge in [0.25, 0.3) is 0 Å².